The molecule has 1 aromatic heterocycles. The fourth-order valence-corrected chi connectivity index (χ4v) is 3.17. The van der Waals surface area contributed by atoms with Crippen molar-refractivity contribution in [3.8, 4) is 5.75 Å². The highest BCUT2D eigenvalue weighted by molar-refractivity contribution is 9.10. The lowest BCUT2D eigenvalue weighted by Gasteiger charge is -2.06. The summed E-state index contributed by atoms with van der Waals surface area (Å²) in [5.74, 6) is 0.465. The molecule has 0 atom stereocenters. The predicted octanol–water partition coefficient (Wildman–Crippen LogP) is 4.95. The first-order valence-corrected chi connectivity index (χ1v) is 7.43. The maximum absolute atomic E-state index is 13.1. The summed E-state index contributed by atoms with van der Waals surface area (Å²) in [6.07, 6.45) is 0. The number of thiazole rings is 1. The fraction of sp³-hybridized carbons (Fsp3) is 0.0714. The minimum absolute atomic E-state index is 0.279. The molecule has 0 spiro atoms. The second kappa shape index (κ2) is 5.38. The van der Waals surface area contributed by atoms with Gasteiger partial charge in [0, 0.05) is 22.3 Å². The van der Waals surface area contributed by atoms with Crippen LogP contribution in [0.5, 0.6) is 5.75 Å². The van der Waals surface area contributed by atoms with Crippen LogP contribution >= 0.6 is 27.3 Å². The van der Waals surface area contributed by atoms with Crippen LogP contribution < -0.4 is 10.1 Å². The Morgan fingerprint density at radius 1 is 1.25 bits per heavy atom. The molecule has 1 heterocycles. The Morgan fingerprint density at radius 2 is 2.10 bits per heavy atom. The standard InChI is InChI=1S/C14H10BrFN2OS/c1-19-11-5-8(15)4-10(7-11)17-14-18-12-6-9(16)2-3-13(12)20-14/h2-7H,1H3,(H,17,18). The topological polar surface area (TPSA) is 34.1 Å². The molecule has 0 aliphatic heterocycles. The first-order valence-electron chi connectivity index (χ1n) is 5.82. The van der Waals surface area contributed by atoms with E-state index < -0.39 is 0 Å². The van der Waals surface area contributed by atoms with E-state index in [1.54, 1.807) is 13.2 Å². The van der Waals surface area contributed by atoms with Crippen molar-refractivity contribution < 1.29 is 9.13 Å². The summed E-state index contributed by atoms with van der Waals surface area (Å²) < 4.78 is 20.2. The van der Waals surface area contributed by atoms with E-state index in [4.69, 9.17) is 4.74 Å². The van der Waals surface area contributed by atoms with Gasteiger partial charge in [-0.25, -0.2) is 9.37 Å². The number of halogens is 2. The van der Waals surface area contributed by atoms with Gasteiger partial charge in [0.15, 0.2) is 5.13 Å². The molecule has 0 aliphatic carbocycles. The molecule has 0 saturated carbocycles. The zero-order chi connectivity index (χ0) is 14.1. The second-order valence-corrected chi connectivity index (χ2v) is 6.08. The molecule has 2 aromatic carbocycles. The van der Waals surface area contributed by atoms with Crippen LogP contribution in [0.25, 0.3) is 10.2 Å². The van der Waals surface area contributed by atoms with Crippen molar-refractivity contribution in [2.75, 3.05) is 12.4 Å². The Kier molecular flexibility index (Phi) is 3.58. The van der Waals surface area contributed by atoms with Crippen molar-refractivity contribution in [1.82, 2.24) is 4.98 Å². The first kappa shape index (κ1) is 13.3. The number of nitrogens with one attached hydrogen (secondary N) is 1. The van der Waals surface area contributed by atoms with Crippen molar-refractivity contribution in [2.45, 2.75) is 0 Å². The maximum atomic E-state index is 13.1. The van der Waals surface area contributed by atoms with Crippen LogP contribution in [0.4, 0.5) is 15.2 Å². The Morgan fingerprint density at radius 3 is 2.90 bits per heavy atom. The van der Waals surface area contributed by atoms with Gasteiger partial charge in [-0.05, 0) is 24.3 Å². The van der Waals surface area contributed by atoms with Gasteiger partial charge in [-0.2, -0.15) is 0 Å². The summed E-state index contributed by atoms with van der Waals surface area (Å²) in [5.41, 5.74) is 1.51. The molecule has 0 unspecified atom stereocenters. The summed E-state index contributed by atoms with van der Waals surface area (Å²) in [7, 11) is 1.62. The van der Waals surface area contributed by atoms with Gasteiger partial charge < -0.3 is 10.1 Å². The van der Waals surface area contributed by atoms with E-state index in [0.29, 0.717) is 10.6 Å². The number of hydrogen-bond donors (Lipinski definition) is 1. The Labute approximate surface area is 127 Å². The maximum Gasteiger partial charge on any atom is 0.188 e. The molecule has 102 valence electrons. The van der Waals surface area contributed by atoms with E-state index in [1.807, 2.05) is 18.2 Å². The smallest absolute Gasteiger partial charge is 0.188 e. The molecule has 3 rings (SSSR count). The van der Waals surface area contributed by atoms with Crippen LogP contribution in [0, 0.1) is 5.82 Å². The average Bonchev–Trinajstić information content (AvgIpc) is 2.79. The summed E-state index contributed by atoms with van der Waals surface area (Å²) in [6.45, 7) is 0. The summed E-state index contributed by atoms with van der Waals surface area (Å²) in [5, 5.41) is 3.92. The third-order valence-corrected chi connectivity index (χ3v) is 4.12. The monoisotopic (exact) mass is 352 g/mol. The lowest BCUT2D eigenvalue weighted by molar-refractivity contribution is 0.415. The van der Waals surface area contributed by atoms with Crippen LogP contribution in [-0.4, -0.2) is 12.1 Å². The van der Waals surface area contributed by atoms with E-state index in [1.165, 1.54) is 23.5 Å². The molecule has 0 fully saturated rings. The summed E-state index contributed by atoms with van der Waals surface area (Å²) in [4.78, 5) is 4.37. The van der Waals surface area contributed by atoms with E-state index in [2.05, 4.69) is 26.2 Å². The molecule has 1 N–H and O–H groups in total. The van der Waals surface area contributed by atoms with Crippen LogP contribution in [0.2, 0.25) is 0 Å². The third-order valence-electron chi connectivity index (χ3n) is 2.71. The van der Waals surface area contributed by atoms with Crippen molar-refractivity contribution in [3.05, 3.63) is 46.7 Å². The van der Waals surface area contributed by atoms with Crippen molar-refractivity contribution in [1.29, 1.82) is 0 Å². The van der Waals surface area contributed by atoms with Gasteiger partial charge in [0.2, 0.25) is 0 Å². The van der Waals surface area contributed by atoms with Crippen LogP contribution in [0.1, 0.15) is 0 Å². The van der Waals surface area contributed by atoms with Gasteiger partial charge in [0.05, 0.1) is 17.3 Å². The van der Waals surface area contributed by atoms with Gasteiger partial charge in [0.1, 0.15) is 11.6 Å². The van der Waals surface area contributed by atoms with Gasteiger partial charge in [-0.15, -0.1) is 0 Å². The fourth-order valence-electron chi connectivity index (χ4n) is 1.83. The Balaban J connectivity index is 1.94. The van der Waals surface area contributed by atoms with E-state index in [0.717, 1.165) is 20.6 Å². The number of fused-ring (bicyclic) bond motifs is 1. The van der Waals surface area contributed by atoms with Gasteiger partial charge in [-0.1, -0.05) is 27.3 Å². The van der Waals surface area contributed by atoms with E-state index in [-0.39, 0.29) is 5.82 Å². The number of nitrogens with zero attached hydrogens (tertiary/aromatic N) is 1. The Bertz CT molecular complexity index is 775. The lowest BCUT2D eigenvalue weighted by atomic mass is 10.3. The molecule has 3 nitrogen and oxygen atoms in total. The van der Waals surface area contributed by atoms with Crippen LogP contribution in [-0.2, 0) is 0 Å². The zero-order valence-electron chi connectivity index (χ0n) is 10.5. The number of rotatable bonds is 3. The average molecular weight is 353 g/mol. The molecule has 0 amide bonds. The molecule has 20 heavy (non-hydrogen) atoms. The van der Waals surface area contributed by atoms with Crippen LogP contribution in [0.3, 0.4) is 0 Å². The van der Waals surface area contributed by atoms with Crippen molar-refractivity contribution in [2.24, 2.45) is 0 Å². The molecular weight excluding hydrogens is 343 g/mol. The van der Waals surface area contributed by atoms with Crippen LogP contribution in [0.15, 0.2) is 40.9 Å². The molecule has 6 heteroatoms. The number of aromatic nitrogens is 1. The van der Waals surface area contributed by atoms with E-state index in [9.17, 15) is 4.39 Å². The SMILES string of the molecule is COc1cc(Br)cc(Nc2nc3cc(F)ccc3s2)c1. The van der Waals surface area contributed by atoms with Crippen molar-refractivity contribution in [3.63, 3.8) is 0 Å². The summed E-state index contributed by atoms with van der Waals surface area (Å²) >= 11 is 4.90. The third kappa shape index (κ3) is 2.76. The van der Waals surface area contributed by atoms with Gasteiger partial charge in [0.25, 0.3) is 0 Å². The van der Waals surface area contributed by atoms with Gasteiger partial charge in [-0.3, -0.25) is 0 Å². The number of methoxy groups -OCH3 is 1. The molecule has 0 saturated heterocycles. The van der Waals surface area contributed by atoms with E-state index >= 15 is 0 Å². The Hall–Kier alpha value is -1.66. The zero-order valence-corrected chi connectivity index (χ0v) is 12.9. The molecular formula is C14H10BrFN2OS. The highest BCUT2D eigenvalue weighted by Crippen LogP contribution is 2.31. The highest BCUT2D eigenvalue weighted by Gasteiger charge is 2.06. The number of benzene rings is 2. The first-order chi connectivity index (χ1) is 9.64. The normalized spacial score (nSPS) is 10.8. The number of hydrogen-bond acceptors (Lipinski definition) is 4. The minimum atomic E-state index is -0.279. The quantitative estimate of drug-likeness (QED) is 0.723. The summed E-state index contributed by atoms with van der Waals surface area (Å²) in [6, 6.07) is 10.3. The predicted molar refractivity (Wildman–Crippen MR) is 83.6 cm³/mol. The molecule has 0 bridgehead atoms. The lowest BCUT2D eigenvalue weighted by Crippen LogP contribution is -1.91. The largest absolute Gasteiger partial charge is 0.497 e. The van der Waals surface area contributed by atoms with Gasteiger partial charge >= 0.3 is 0 Å². The number of ether oxygens (including phenoxy) is 1. The van der Waals surface area contributed by atoms with Crippen molar-refractivity contribution >= 4 is 48.3 Å². The molecule has 3 aromatic rings. The highest BCUT2D eigenvalue weighted by atomic mass is 79.9. The minimum Gasteiger partial charge on any atom is -0.497 e. The number of anilines is 2. The molecule has 0 aliphatic rings. The molecule has 0 radical (unpaired) electrons. The second-order valence-electron chi connectivity index (χ2n) is 4.14.